The fourth-order valence-electron chi connectivity index (χ4n) is 4.16. The maximum absolute atomic E-state index is 13.1. The summed E-state index contributed by atoms with van der Waals surface area (Å²) in [5, 5.41) is 11.5. The Bertz CT molecular complexity index is 1880. The van der Waals surface area contributed by atoms with Gasteiger partial charge in [-0.3, -0.25) is 19.4 Å². The van der Waals surface area contributed by atoms with Gasteiger partial charge >= 0.3 is 6.36 Å². The molecule has 0 aliphatic rings. The van der Waals surface area contributed by atoms with Crippen LogP contribution in [0, 0.1) is 6.92 Å². The van der Waals surface area contributed by atoms with Gasteiger partial charge in [-0.1, -0.05) is 18.2 Å². The van der Waals surface area contributed by atoms with Crippen molar-refractivity contribution in [2.24, 2.45) is 0 Å². The largest absolute Gasteiger partial charge is 0.573 e. The molecule has 5 aromatic rings. The molecule has 0 saturated heterocycles. The van der Waals surface area contributed by atoms with Crippen molar-refractivity contribution < 1.29 is 32.2 Å². The summed E-state index contributed by atoms with van der Waals surface area (Å²) in [6.45, 7) is 1.95. The number of amides is 2. The molecule has 5 rings (SSSR count). The minimum atomic E-state index is -5.00. The lowest BCUT2D eigenvalue weighted by atomic mass is 10.2. The molecule has 14 heteroatoms. The van der Waals surface area contributed by atoms with E-state index >= 15 is 0 Å². The molecule has 0 spiro atoms. The molecule has 2 aromatic carbocycles. The monoisotopic (exact) mass is 635 g/mol. The molecule has 0 bridgehead atoms. The highest BCUT2D eigenvalue weighted by Gasteiger charge is 2.32. The second kappa shape index (κ2) is 13.4. The van der Waals surface area contributed by atoms with Gasteiger partial charge in [-0.2, -0.15) is 9.78 Å². The molecule has 0 unspecified atom stereocenters. The number of aryl methyl sites for hydroxylation is 1. The zero-order valence-corrected chi connectivity index (χ0v) is 24.3. The minimum absolute atomic E-state index is 0.185. The van der Waals surface area contributed by atoms with Crippen LogP contribution in [0.3, 0.4) is 0 Å². The predicted molar refractivity (Wildman–Crippen MR) is 160 cm³/mol. The number of aromatic nitrogens is 3. The maximum Gasteiger partial charge on any atom is 0.573 e. The van der Waals surface area contributed by atoms with Gasteiger partial charge in [0.1, 0.15) is 22.9 Å². The first-order chi connectivity index (χ1) is 21.6. The van der Waals surface area contributed by atoms with E-state index < -0.39 is 23.6 Å². The number of pyridine rings is 1. The van der Waals surface area contributed by atoms with E-state index in [-0.39, 0.29) is 28.5 Å². The van der Waals surface area contributed by atoms with Crippen molar-refractivity contribution in [3.63, 3.8) is 0 Å². The first-order valence-electron chi connectivity index (χ1n) is 13.4. The summed E-state index contributed by atoms with van der Waals surface area (Å²) < 4.78 is 49.3. The van der Waals surface area contributed by atoms with Crippen LogP contribution in [0.2, 0.25) is 0 Å². The topological polar surface area (TPSA) is 124 Å². The van der Waals surface area contributed by atoms with Crippen LogP contribution in [0.1, 0.15) is 31.4 Å². The van der Waals surface area contributed by atoms with Gasteiger partial charge in [0.15, 0.2) is 11.4 Å². The Balaban J connectivity index is 1.25. The van der Waals surface area contributed by atoms with Crippen LogP contribution in [-0.2, 0) is 6.42 Å². The summed E-state index contributed by atoms with van der Waals surface area (Å²) in [4.78, 5) is 43.5. The second-order valence-electron chi connectivity index (χ2n) is 9.48. The first-order valence-corrected chi connectivity index (χ1v) is 14.3. The SMILES string of the molecule is Cc1cc(=O)n(-c2ccccc2OC(F)(F)F)nc1C(=O)Nc1ccc(Oc2ccnc(C(=O)NCCc3cccs3)c2)cc1. The van der Waals surface area contributed by atoms with Gasteiger partial charge in [0.05, 0.1) is 0 Å². The molecular formula is C31H24F3N5O5S. The van der Waals surface area contributed by atoms with Gasteiger partial charge in [-0.15, -0.1) is 24.5 Å². The van der Waals surface area contributed by atoms with E-state index in [0.29, 0.717) is 34.8 Å². The molecule has 0 fully saturated rings. The van der Waals surface area contributed by atoms with Crippen molar-refractivity contribution in [2.75, 3.05) is 11.9 Å². The number of anilines is 1. The van der Waals surface area contributed by atoms with Crippen molar-refractivity contribution >= 4 is 28.8 Å². The fourth-order valence-corrected chi connectivity index (χ4v) is 4.87. The Hall–Kier alpha value is -5.50. The van der Waals surface area contributed by atoms with Crippen molar-refractivity contribution in [3.05, 3.63) is 123 Å². The molecule has 0 aliphatic carbocycles. The molecule has 2 amide bonds. The highest BCUT2D eigenvalue weighted by Crippen LogP contribution is 2.28. The van der Waals surface area contributed by atoms with Crippen LogP contribution >= 0.6 is 11.3 Å². The van der Waals surface area contributed by atoms with Crippen LogP contribution in [0.5, 0.6) is 17.2 Å². The minimum Gasteiger partial charge on any atom is -0.457 e. The van der Waals surface area contributed by atoms with Gasteiger partial charge in [-0.05, 0) is 72.8 Å². The molecule has 3 aromatic heterocycles. The quantitative estimate of drug-likeness (QED) is 0.195. The number of thiophene rings is 1. The summed E-state index contributed by atoms with van der Waals surface area (Å²) in [5.41, 5.74) is -0.460. The summed E-state index contributed by atoms with van der Waals surface area (Å²) in [6, 6.07) is 19.4. The van der Waals surface area contributed by atoms with E-state index in [2.05, 4.69) is 25.5 Å². The van der Waals surface area contributed by atoms with Crippen molar-refractivity contribution in [1.29, 1.82) is 0 Å². The number of ether oxygens (including phenoxy) is 2. The van der Waals surface area contributed by atoms with Crippen LogP contribution < -0.4 is 25.7 Å². The smallest absolute Gasteiger partial charge is 0.457 e. The fraction of sp³-hybridized carbons (Fsp3) is 0.129. The van der Waals surface area contributed by atoms with E-state index in [1.807, 2.05) is 17.5 Å². The van der Waals surface area contributed by atoms with E-state index in [4.69, 9.17) is 4.74 Å². The standard InChI is InChI=1S/C31H24F3N5O5S/c1-19-17-27(40)39(25-6-2-3-7-26(25)44-31(32,33)34)38-28(19)30(42)37-20-8-10-21(11-9-20)43-22-12-14-35-24(18-22)29(41)36-15-13-23-5-4-16-45-23/h2-12,14,16-18H,13,15H2,1H3,(H,36,41)(H,37,42). The number of nitrogens with zero attached hydrogens (tertiary/aromatic N) is 3. The third-order valence-electron chi connectivity index (χ3n) is 6.21. The van der Waals surface area contributed by atoms with E-state index in [1.165, 1.54) is 37.4 Å². The van der Waals surface area contributed by atoms with Crippen molar-refractivity contribution in [1.82, 2.24) is 20.1 Å². The number of hydrogen-bond acceptors (Lipinski definition) is 8. The molecule has 0 aliphatic heterocycles. The van der Waals surface area contributed by atoms with Gasteiger partial charge in [0, 0.05) is 35.4 Å². The molecule has 2 N–H and O–H groups in total. The predicted octanol–water partition coefficient (Wildman–Crippen LogP) is 5.91. The summed E-state index contributed by atoms with van der Waals surface area (Å²) in [7, 11) is 0. The first kappa shape index (κ1) is 30.9. The molecule has 45 heavy (non-hydrogen) atoms. The molecule has 0 atom stereocenters. The van der Waals surface area contributed by atoms with Crippen LogP contribution in [-0.4, -0.2) is 39.5 Å². The van der Waals surface area contributed by atoms with Gasteiger partial charge in [0.2, 0.25) is 0 Å². The van der Waals surface area contributed by atoms with E-state index in [9.17, 15) is 27.6 Å². The summed E-state index contributed by atoms with van der Waals surface area (Å²) >= 11 is 1.62. The highest BCUT2D eigenvalue weighted by molar-refractivity contribution is 7.09. The van der Waals surface area contributed by atoms with E-state index in [1.54, 1.807) is 41.7 Å². The molecule has 0 saturated carbocycles. The number of hydrogen-bond donors (Lipinski definition) is 2. The third kappa shape index (κ3) is 8.12. The van der Waals surface area contributed by atoms with Crippen molar-refractivity contribution in [3.8, 4) is 22.9 Å². The normalized spacial score (nSPS) is 11.1. The Morgan fingerprint density at radius 2 is 1.73 bits per heavy atom. The number of para-hydroxylation sites is 2. The van der Waals surface area contributed by atoms with Crippen LogP contribution in [0.4, 0.5) is 18.9 Å². The number of nitrogens with one attached hydrogen (secondary N) is 2. The molecular weight excluding hydrogens is 611 g/mol. The van der Waals surface area contributed by atoms with Crippen LogP contribution in [0.15, 0.2) is 95.2 Å². The lowest BCUT2D eigenvalue weighted by Crippen LogP contribution is -2.28. The number of benzene rings is 2. The Morgan fingerprint density at radius 1 is 0.956 bits per heavy atom. The number of rotatable bonds is 10. The number of alkyl halides is 3. The van der Waals surface area contributed by atoms with Crippen molar-refractivity contribution in [2.45, 2.75) is 19.7 Å². The highest BCUT2D eigenvalue weighted by atomic mass is 32.1. The zero-order chi connectivity index (χ0) is 32.0. The summed E-state index contributed by atoms with van der Waals surface area (Å²) in [5.74, 6) is -0.898. The number of carbonyl (C=O) groups excluding carboxylic acids is 2. The van der Waals surface area contributed by atoms with Gasteiger partial charge in [-0.25, -0.2) is 0 Å². The second-order valence-corrected chi connectivity index (χ2v) is 10.5. The molecule has 0 radical (unpaired) electrons. The Kier molecular flexibility index (Phi) is 9.23. The average molecular weight is 636 g/mol. The zero-order valence-electron chi connectivity index (χ0n) is 23.5. The molecule has 230 valence electrons. The van der Waals surface area contributed by atoms with Crippen LogP contribution in [0.25, 0.3) is 5.69 Å². The summed E-state index contributed by atoms with van der Waals surface area (Å²) in [6.07, 6.45) is -2.83. The van der Waals surface area contributed by atoms with Gasteiger partial charge in [0.25, 0.3) is 17.4 Å². The Labute approximate surface area is 258 Å². The molecule has 10 nitrogen and oxygen atoms in total. The maximum atomic E-state index is 13.1. The number of carbonyl (C=O) groups is 2. The lowest BCUT2D eigenvalue weighted by Gasteiger charge is -2.15. The lowest BCUT2D eigenvalue weighted by molar-refractivity contribution is -0.274. The average Bonchev–Trinajstić information content (AvgIpc) is 3.52. The Morgan fingerprint density at radius 3 is 2.47 bits per heavy atom. The molecule has 3 heterocycles. The number of halogens is 3. The third-order valence-corrected chi connectivity index (χ3v) is 7.14. The van der Waals surface area contributed by atoms with E-state index in [0.717, 1.165) is 17.0 Å². The van der Waals surface area contributed by atoms with Gasteiger partial charge < -0.3 is 20.1 Å².